The van der Waals surface area contributed by atoms with Crippen molar-refractivity contribution in [2.45, 2.75) is 0 Å². The van der Waals surface area contributed by atoms with Gasteiger partial charge in [0.2, 0.25) is 5.69 Å². The Morgan fingerprint density at radius 1 is 0.344 bits per heavy atom. The van der Waals surface area contributed by atoms with Crippen molar-refractivity contribution in [1.29, 1.82) is 5.26 Å². The summed E-state index contributed by atoms with van der Waals surface area (Å²) < 4.78 is 6.91. The lowest BCUT2D eigenvalue weighted by molar-refractivity contribution is 1.05. The van der Waals surface area contributed by atoms with Crippen LogP contribution in [-0.2, 0) is 0 Å². The van der Waals surface area contributed by atoms with E-state index < -0.39 is 0 Å². The maximum absolute atomic E-state index is 11.4. The molecule has 0 spiro atoms. The van der Waals surface area contributed by atoms with Crippen molar-refractivity contribution >= 4 is 103 Å². The van der Waals surface area contributed by atoms with Gasteiger partial charge in [0.1, 0.15) is 6.07 Å². The van der Waals surface area contributed by atoms with E-state index in [9.17, 15) is 5.26 Å². The number of nitrogens with zero attached hydrogens (tertiary/aromatic N) is 5. The van der Waals surface area contributed by atoms with Gasteiger partial charge >= 0.3 is 0 Å². The van der Waals surface area contributed by atoms with E-state index in [-0.39, 0.29) is 0 Å². The Labute approximate surface area is 349 Å². The minimum atomic E-state index is 0.393. The summed E-state index contributed by atoms with van der Waals surface area (Å²) in [7, 11) is 0. The standard InChI is InChI=1S/C56H31N5/c1-58-47-29-40(33-57)54(59-48-23-11-8-20-41(48)44-26-34-14-2-5-17-37(34)30-51(44)59)56(61-50-25-13-10-22-43(50)46-28-36-16-4-7-19-39(36)32-53(46)61)55(47)60-49-24-12-9-21-42(49)45-27-35-15-3-6-18-38(35)31-52(45)60/h2-32H. The van der Waals surface area contributed by atoms with Gasteiger partial charge in [0.05, 0.1) is 62.3 Å². The molecular weight excluding hydrogens is 743 g/mol. The Morgan fingerprint density at radius 3 is 1.05 bits per heavy atom. The van der Waals surface area contributed by atoms with Gasteiger partial charge in [-0.3, -0.25) is 0 Å². The van der Waals surface area contributed by atoms with Crippen LogP contribution in [0.3, 0.4) is 0 Å². The fourth-order valence-electron chi connectivity index (χ4n) is 10.2. The smallest absolute Gasteiger partial charge is 0.214 e. The highest BCUT2D eigenvalue weighted by Gasteiger charge is 2.30. The van der Waals surface area contributed by atoms with Gasteiger partial charge in [-0.25, -0.2) is 4.85 Å². The number of hydrogen-bond acceptors (Lipinski definition) is 1. The van der Waals surface area contributed by atoms with Gasteiger partial charge in [0.15, 0.2) is 0 Å². The Morgan fingerprint density at radius 2 is 0.672 bits per heavy atom. The van der Waals surface area contributed by atoms with E-state index in [0.717, 1.165) is 103 Å². The maximum atomic E-state index is 11.4. The van der Waals surface area contributed by atoms with Gasteiger partial charge in [0.25, 0.3) is 0 Å². The molecule has 0 aliphatic rings. The van der Waals surface area contributed by atoms with Crippen molar-refractivity contribution in [3.8, 4) is 23.1 Å². The zero-order chi connectivity index (χ0) is 40.3. The molecular formula is C56H31N5. The lowest BCUT2D eigenvalue weighted by atomic mass is 10.0. The summed E-state index contributed by atoms with van der Waals surface area (Å²) in [5, 5.41) is 24.8. The molecule has 5 heteroatoms. The molecule has 13 rings (SSSR count). The van der Waals surface area contributed by atoms with Crippen molar-refractivity contribution in [2.24, 2.45) is 0 Å². The molecule has 0 atom stereocenters. The number of fused-ring (bicyclic) bond motifs is 12. The molecule has 0 N–H and O–H groups in total. The number of nitriles is 1. The summed E-state index contributed by atoms with van der Waals surface area (Å²) in [5.41, 5.74) is 8.91. The highest BCUT2D eigenvalue weighted by Crippen LogP contribution is 2.48. The lowest BCUT2D eigenvalue weighted by Crippen LogP contribution is -2.11. The summed E-state index contributed by atoms with van der Waals surface area (Å²) in [6, 6.07) is 69.0. The van der Waals surface area contributed by atoms with Crippen molar-refractivity contribution in [2.75, 3.05) is 0 Å². The van der Waals surface area contributed by atoms with Gasteiger partial charge < -0.3 is 13.7 Å². The fourth-order valence-corrected chi connectivity index (χ4v) is 10.2. The highest BCUT2D eigenvalue weighted by atomic mass is 15.1. The van der Waals surface area contributed by atoms with E-state index in [1.807, 2.05) is 6.07 Å². The summed E-state index contributed by atoms with van der Waals surface area (Å²) in [5.74, 6) is 0. The molecule has 61 heavy (non-hydrogen) atoms. The van der Waals surface area contributed by atoms with Crippen LogP contribution in [0.5, 0.6) is 0 Å². The molecule has 0 aliphatic heterocycles. The molecule has 0 aliphatic carbocycles. The third kappa shape index (κ3) is 4.58. The van der Waals surface area contributed by atoms with Gasteiger partial charge in [-0.05, 0) is 93.0 Å². The number of aromatic nitrogens is 3. The van der Waals surface area contributed by atoms with Crippen LogP contribution in [0.25, 0.3) is 120 Å². The van der Waals surface area contributed by atoms with Crippen LogP contribution in [0.2, 0.25) is 0 Å². The number of benzene rings is 10. The number of para-hydroxylation sites is 3. The second kappa shape index (κ2) is 12.4. The van der Waals surface area contributed by atoms with Crippen LogP contribution in [0.1, 0.15) is 5.56 Å². The molecule has 0 fully saturated rings. The fraction of sp³-hybridized carbons (Fsp3) is 0. The van der Waals surface area contributed by atoms with Crippen LogP contribution < -0.4 is 0 Å². The molecule has 5 nitrogen and oxygen atoms in total. The first-order valence-electron chi connectivity index (χ1n) is 20.4. The van der Waals surface area contributed by atoms with Crippen molar-refractivity contribution in [1.82, 2.24) is 13.7 Å². The SMILES string of the molecule is [C-]#[N+]c1cc(C#N)c(-n2c3ccccc3c3cc4ccccc4cc32)c(-n2c3ccccc3c3cc4ccccc4cc32)c1-n1c2ccccc2c2cc3ccccc3cc21. The predicted octanol–water partition coefficient (Wildman–Crippen LogP) is 14.9. The molecule has 13 aromatic rings. The third-order valence-electron chi connectivity index (χ3n) is 12.8. The first-order chi connectivity index (χ1) is 30.2. The molecule has 3 heterocycles. The highest BCUT2D eigenvalue weighted by molar-refractivity contribution is 6.18. The van der Waals surface area contributed by atoms with Crippen LogP contribution in [0.15, 0.2) is 188 Å². The summed E-state index contributed by atoms with van der Waals surface area (Å²) in [6.07, 6.45) is 0. The van der Waals surface area contributed by atoms with E-state index >= 15 is 0 Å². The van der Waals surface area contributed by atoms with Crippen molar-refractivity contribution in [3.63, 3.8) is 0 Å². The van der Waals surface area contributed by atoms with E-state index in [0.29, 0.717) is 22.6 Å². The predicted molar refractivity (Wildman–Crippen MR) is 253 cm³/mol. The van der Waals surface area contributed by atoms with Gasteiger partial charge in [0, 0.05) is 32.3 Å². The minimum Gasteiger partial charge on any atom is -0.317 e. The maximum Gasteiger partial charge on any atom is 0.214 e. The van der Waals surface area contributed by atoms with Gasteiger partial charge in [-0.15, -0.1) is 0 Å². The molecule has 0 unspecified atom stereocenters. The van der Waals surface area contributed by atoms with Gasteiger partial charge in [-0.1, -0.05) is 127 Å². The van der Waals surface area contributed by atoms with Crippen LogP contribution >= 0.6 is 0 Å². The van der Waals surface area contributed by atoms with E-state index in [2.05, 4.69) is 207 Å². The quantitative estimate of drug-likeness (QED) is 0.165. The van der Waals surface area contributed by atoms with Crippen LogP contribution in [0, 0.1) is 17.9 Å². The minimum absolute atomic E-state index is 0.393. The lowest BCUT2D eigenvalue weighted by Gasteiger charge is -2.24. The molecule has 0 radical (unpaired) electrons. The number of hydrogen-bond donors (Lipinski definition) is 0. The Bertz CT molecular complexity index is 3950. The summed E-state index contributed by atoms with van der Waals surface area (Å²) >= 11 is 0. The molecule has 0 amide bonds. The average molecular weight is 774 g/mol. The van der Waals surface area contributed by atoms with Crippen molar-refractivity contribution < 1.29 is 0 Å². The van der Waals surface area contributed by atoms with Gasteiger partial charge in [-0.2, -0.15) is 5.26 Å². The molecule has 0 saturated heterocycles. The Kier molecular flexibility index (Phi) is 6.80. The second-order valence-corrected chi connectivity index (χ2v) is 15.9. The van der Waals surface area contributed by atoms with E-state index in [1.165, 1.54) is 0 Å². The van der Waals surface area contributed by atoms with E-state index in [1.54, 1.807) is 0 Å². The molecule has 10 aromatic carbocycles. The summed E-state index contributed by atoms with van der Waals surface area (Å²) in [6.45, 7) is 8.95. The zero-order valence-electron chi connectivity index (χ0n) is 32.6. The van der Waals surface area contributed by atoms with E-state index in [4.69, 9.17) is 6.57 Å². The Balaban J connectivity index is 1.33. The topological polar surface area (TPSA) is 42.9 Å². The van der Waals surface area contributed by atoms with Crippen LogP contribution in [-0.4, -0.2) is 13.7 Å². The third-order valence-corrected chi connectivity index (χ3v) is 12.8. The Hall–Kier alpha value is -8.64. The molecule has 280 valence electrons. The van der Waals surface area contributed by atoms with Crippen LogP contribution in [0.4, 0.5) is 5.69 Å². The normalized spacial score (nSPS) is 11.9. The second-order valence-electron chi connectivity index (χ2n) is 15.9. The molecule has 3 aromatic heterocycles. The van der Waals surface area contributed by atoms with Crippen molar-refractivity contribution in [3.05, 3.63) is 205 Å². The largest absolute Gasteiger partial charge is 0.317 e. The zero-order valence-corrected chi connectivity index (χ0v) is 32.6. The first-order valence-corrected chi connectivity index (χ1v) is 20.4. The molecule has 0 bridgehead atoms. The molecule has 0 saturated carbocycles. The summed E-state index contributed by atoms with van der Waals surface area (Å²) in [4.78, 5) is 4.34. The first kappa shape index (κ1) is 33.3. The average Bonchev–Trinajstić information content (AvgIpc) is 3.92. The monoisotopic (exact) mass is 773 g/mol. The number of rotatable bonds is 3.